The highest BCUT2D eigenvalue weighted by Crippen LogP contribution is 2.39. The van der Waals surface area contributed by atoms with Gasteiger partial charge < -0.3 is 15.4 Å². The van der Waals surface area contributed by atoms with Gasteiger partial charge in [0.2, 0.25) is 0 Å². The summed E-state index contributed by atoms with van der Waals surface area (Å²) in [6, 6.07) is 6.91. The van der Waals surface area contributed by atoms with E-state index in [4.69, 9.17) is 10.5 Å². The molecule has 0 radical (unpaired) electrons. The first-order valence-corrected chi connectivity index (χ1v) is 8.02. The highest BCUT2D eigenvalue weighted by Gasteiger charge is 2.31. The molecule has 118 valence electrons. The van der Waals surface area contributed by atoms with Crippen LogP contribution in [0.5, 0.6) is 5.75 Å². The van der Waals surface area contributed by atoms with Crippen molar-refractivity contribution >= 4 is 5.69 Å². The first-order chi connectivity index (χ1) is 9.74. The van der Waals surface area contributed by atoms with E-state index in [2.05, 4.69) is 64.6 Å². The normalized spacial score (nSPS) is 20.2. The van der Waals surface area contributed by atoms with Crippen molar-refractivity contribution in [3.63, 3.8) is 0 Å². The van der Waals surface area contributed by atoms with Crippen molar-refractivity contribution in [1.29, 1.82) is 0 Å². The summed E-state index contributed by atoms with van der Waals surface area (Å²) in [4.78, 5) is 2.42. The Morgan fingerprint density at radius 1 is 1.29 bits per heavy atom. The summed E-state index contributed by atoms with van der Waals surface area (Å²) in [5, 5.41) is 0. The molecule has 0 spiro atoms. The van der Waals surface area contributed by atoms with E-state index >= 15 is 0 Å². The molecule has 0 bridgehead atoms. The number of nitrogens with two attached hydrogens (primary N) is 1. The average Bonchev–Trinajstić information content (AvgIpc) is 2.43. The van der Waals surface area contributed by atoms with Crippen LogP contribution in [0.4, 0.5) is 5.69 Å². The first-order valence-electron chi connectivity index (χ1n) is 8.02. The van der Waals surface area contributed by atoms with Gasteiger partial charge in [0.25, 0.3) is 0 Å². The zero-order valence-corrected chi connectivity index (χ0v) is 14.3. The fraction of sp³-hybridized carbons (Fsp3) is 0.667. The van der Waals surface area contributed by atoms with Crippen molar-refractivity contribution in [1.82, 2.24) is 0 Å². The second-order valence-corrected chi connectivity index (χ2v) is 7.57. The summed E-state index contributed by atoms with van der Waals surface area (Å²) < 4.78 is 6.20. The molecule has 2 unspecified atom stereocenters. The quantitative estimate of drug-likeness (QED) is 0.925. The molecule has 3 nitrogen and oxygen atoms in total. The number of nitrogens with zero attached hydrogens (tertiary/aromatic N) is 1. The number of fused-ring (bicyclic) bond motifs is 1. The highest BCUT2D eigenvalue weighted by molar-refractivity contribution is 5.63. The van der Waals surface area contributed by atoms with E-state index in [-0.39, 0.29) is 11.5 Å². The minimum absolute atomic E-state index is 0.140. The van der Waals surface area contributed by atoms with Crippen LogP contribution in [0.3, 0.4) is 0 Å². The fourth-order valence-electron chi connectivity index (χ4n) is 2.69. The monoisotopic (exact) mass is 290 g/mol. The van der Waals surface area contributed by atoms with E-state index in [1.54, 1.807) is 0 Å². The molecule has 0 aliphatic carbocycles. The molecular weight excluding hydrogens is 260 g/mol. The van der Waals surface area contributed by atoms with Crippen LogP contribution in [-0.4, -0.2) is 25.2 Å². The Hall–Kier alpha value is -1.22. The van der Waals surface area contributed by atoms with Crippen molar-refractivity contribution in [3.8, 4) is 5.75 Å². The van der Waals surface area contributed by atoms with E-state index in [0.29, 0.717) is 18.5 Å². The van der Waals surface area contributed by atoms with Crippen molar-refractivity contribution in [2.75, 3.05) is 18.0 Å². The molecule has 0 saturated carbocycles. The lowest BCUT2D eigenvalue weighted by Gasteiger charge is -2.41. The Kier molecular flexibility index (Phi) is 4.52. The molecule has 1 aliphatic rings. The number of anilines is 1. The maximum atomic E-state index is 6.20. The third-order valence-electron chi connectivity index (χ3n) is 4.41. The Bertz CT molecular complexity index is 490. The van der Waals surface area contributed by atoms with E-state index < -0.39 is 0 Å². The topological polar surface area (TPSA) is 38.5 Å². The van der Waals surface area contributed by atoms with Gasteiger partial charge in [-0.2, -0.15) is 0 Å². The number of hydrogen-bond acceptors (Lipinski definition) is 3. The second kappa shape index (κ2) is 5.88. The van der Waals surface area contributed by atoms with Gasteiger partial charge in [0, 0.05) is 12.6 Å². The summed E-state index contributed by atoms with van der Waals surface area (Å²) in [5.74, 6) is 1.49. The lowest BCUT2D eigenvalue weighted by atomic mass is 9.86. The summed E-state index contributed by atoms with van der Waals surface area (Å²) in [6.07, 6.45) is 0.229. The molecule has 0 fully saturated rings. The summed E-state index contributed by atoms with van der Waals surface area (Å²) in [5.41, 5.74) is 8.59. The smallest absolute Gasteiger partial charge is 0.143 e. The molecule has 2 rings (SSSR count). The van der Waals surface area contributed by atoms with Crippen LogP contribution in [0, 0.1) is 5.92 Å². The Balaban J connectivity index is 2.44. The third kappa shape index (κ3) is 3.34. The predicted molar refractivity (Wildman–Crippen MR) is 90.3 cm³/mol. The molecule has 2 atom stereocenters. The molecule has 0 saturated heterocycles. The molecule has 0 aromatic heterocycles. The lowest BCUT2D eigenvalue weighted by molar-refractivity contribution is 0.143. The highest BCUT2D eigenvalue weighted by atomic mass is 16.5. The van der Waals surface area contributed by atoms with Gasteiger partial charge in [-0.3, -0.25) is 0 Å². The molecule has 21 heavy (non-hydrogen) atoms. The average molecular weight is 290 g/mol. The standard InChI is InChI=1S/C18H30N2O/c1-12(2)17-11-20(13(3)10-19)15-9-14(18(4,5)6)7-8-16(15)21-17/h7-9,12-13,17H,10-11,19H2,1-6H3. The zero-order valence-electron chi connectivity index (χ0n) is 14.3. The summed E-state index contributed by atoms with van der Waals surface area (Å²) in [7, 11) is 0. The maximum absolute atomic E-state index is 6.20. The van der Waals surface area contributed by atoms with Gasteiger partial charge in [-0.15, -0.1) is 0 Å². The minimum Gasteiger partial charge on any atom is -0.486 e. The van der Waals surface area contributed by atoms with E-state index in [1.165, 1.54) is 11.3 Å². The van der Waals surface area contributed by atoms with E-state index in [1.807, 2.05) is 0 Å². The van der Waals surface area contributed by atoms with Gasteiger partial charge in [0.1, 0.15) is 11.9 Å². The third-order valence-corrected chi connectivity index (χ3v) is 4.41. The van der Waals surface area contributed by atoms with Gasteiger partial charge in [0.15, 0.2) is 0 Å². The Labute approximate surface area is 129 Å². The lowest BCUT2D eigenvalue weighted by Crippen LogP contribution is -2.49. The number of benzene rings is 1. The molecule has 2 N–H and O–H groups in total. The SMILES string of the molecule is CC(C)C1CN(C(C)CN)c2cc(C(C)(C)C)ccc2O1. The molecule has 1 aliphatic heterocycles. The van der Waals surface area contributed by atoms with E-state index in [0.717, 1.165) is 12.3 Å². The zero-order chi connectivity index (χ0) is 15.8. The van der Waals surface area contributed by atoms with Crippen LogP contribution < -0.4 is 15.4 Å². The first kappa shape index (κ1) is 16.2. The fourth-order valence-corrected chi connectivity index (χ4v) is 2.69. The van der Waals surface area contributed by atoms with Crippen molar-refractivity contribution in [2.24, 2.45) is 11.7 Å². The maximum Gasteiger partial charge on any atom is 0.143 e. The summed E-state index contributed by atoms with van der Waals surface area (Å²) in [6.45, 7) is 14.9. The predicted octanol–water partition coefficient (Wildman–Crippen LogP) is 3.55. The number of ether oxygens (including phenoxy) is 1. The molecule has 3 heteroatoms. The van der Waals surface area contributed by atoms with Crippen LogP contribution in [0.2, 0.25) is 0 Å². The molecule has 1 aromatic carbocycles. The summed E-state index contributed by atoms with van der Waals surface area (Å²) >= 11 is 0. The molecule has 0 amide bonds. The van der Waals surface area contributed by atoms with Gasteiger partial charge in [-0.25, -0.2) is 0 Å². The van der Waals surface area contributed by atoms with Gasteiger partial charge in [-0.05, 0) is 36.0 Å². The van der Waals surface area contributed by atoms with Crippen LogP contribution in [-0.2, 0) is 5.41 Å². The Morgan fingerprint density at radius 3 is 2.48 bits per heavy atom. The molecular formula is C18H30N2O. The van der Waals surface area contributed by atoms with Crippen molar-refractivity contribution in [2.45, 2.75) is 59.1 Å². The van der Waals surface area contributed by atoms with Crippen molar-refractivity contribution < 1.29 is 4.74 Å². The van der Waals surface area contributed by atoms with Crippen LogP contribution in [0.1, 0.15) is 47.1 Å². The number of hydrogen-bond donors (Lipinski definition) is 1. The largest absolute Gasteiger partial charge is 0.486 e. The van der Waals surface area contributed by atoms with Gasteiger partial charge in [0.05, 0.1) is 12.2 Å². The van der Waals surface area contributed by atoms with Gasteiger partial charge in [-0.1, -0.05) is 40.7 Å². The Morgan fingerprint density at radius 2 is 1.95 bits per heavy atom. The van der Waals surface area contributed by atoms with Crippen LogP contribution in [0.15, 0.2) is 18.2 Å². The number of rotatable bonds is 3. The van der Waals surface area contributed by atoms with Crippen molar-refractivity contribution in [3.05, 3.63) is 23.8 Å². The van der Waals surface area contributed by atoms with Gasteiger partial charge >= 0.3 is 0 Å². The second-order valence-electron chi connectivity index (χ2n) is 7.57. The molecule has 1 heterocycles. The van der Waals surface area contributed by atoms with Crippen LogP contribution in [0.25, 0.3) is 0 Å². The molecule has 1 aromatic rings. The minimum atomic E-state index is 0.140. The van der Waals surface area contributed by atoms with Crippen LogP contribution >= 0.6 is 0 Å². The van der Waals surface area contributed by atoms with E-state index in [9.17, 15) is 0 Å².